The smallest absolute Gasteiger partial charge is 0.346 e. The molecule has 1 saturated heterocycles. The van der Waals surface area contributed by atoms with Crippen LogP contribution in [0.5, 0.6) is 0 Å². The second kappa shape index (κ2) is 14.4. The fourth-order valence-electron chi connectivity index (χ4n) is 5.09. The van der Waals surface area contributed by atoms with E-state index in [2.05, 4.69) is 14.8 Å². The molecule has 14 nitrogen and oxygen atoms in total. The molecule has 4 rings (SSSR count). The van der Waals surface area contributed by atoms with Gasteiger partial charge >= 0.3 is 13.6 Å². The van der Waals surface area contributed by atoms with Gasteiger partial charge in [0.05, 0.1) is 11.4 Å². The second-order valence-corrected chi connectivity index (χ2v) is 15.7. The van der Waals surface area contributed by atoms with Crippen LogP contribution in [0.4, 0.5) is 10.1 Å². The number of hydrogen-bond acceptors (Lipinski definition) is 12. The van der Waals surface area contributed by atoms with Gasteiger partial charge in [-0.25, -0.2) is 17.8 Å². The molecule has 2 fully saturated rings. The lowest BCUT2D eigenvalue weighted by molar-refractivity contribution is -0.150. The first kappa shape index (κ1) is 34.5. The number of aliphatic hydroxyl groups excluding tert-OH is 2. The highest BCUT2D eigenvalue weighted by Gasteiger charge is 2.47. The third-order valence-electron chi connectivity index (χ3n) is 7.46. The van der Waals surface area contributed by atoms with Crippen molar-refractivity contribution in [3.05, 3.63) is 23.0 Å². The summed E-state index contributed by atoms with van der Waals surface area (Å²) in [6.45, 7) is 1.10. The summed E-state index contributed by atoms with van der Waals surface area (Å²) < 4.78 is 67.8. The number of rotatable bonds is 15. The lowest BCUT2D eigenvalue weighted by Crippen LogP contribution is -2.36. The van der Waals surface area contributed by atoms with Crippen molar-refractivity contribution in [2.24, 2.45) is 0 Å². The molecule has 2 aromatic heterocycles. The van der Waals surface area contributed by atoms with E-state index in [0.29, 0.717) is 17.5 Å². The first-order valence-corrected chi connectivity index (χ1v) is 18.1. The predicted octanol–water partition coefficient (Wildman–Crippen LogP) is 3.14. The standard InChI is InChI=1S/C26H35ClFN4O10PS/c1-2-3-4-5-6-20(33)40-13-41-43(36,37)14-44(38,39)12-19-22(34)23(35)26(42-19)32-8-7-17-21(30-16-9-15(28)10-16)18(11-29)24(27)31-25(17)32/h7-8,15-16,19,22-23,26,34-35H,2-6,9-10,12-14H2,1H3,(H,30,31)(H,36,37)/t15?,16?,19-,22-,23-,26-/m1/s1. The summed E-state index contributed by atoms with van der Waals surface area (Å²) in [7, 11) is -9.20. The highest BCUT2D eigenvalue weighted by molar-refractivity contribution is 7.97. The molecule has 1 unspecified atom stereocenters. The van der Waals surface area contributed by atoms with Crippen LogP contribution in [-0.2, 0) is 33.2 Å². The maximum atomic E-state index is 13.4. The molecule has 2 aromatic rings. The van der Waals surface area contributed by atoms with Crippen molar-refractivity contribution in [1.82, 2.24) is 9.55 Å². The topological polar surface area (TPSA) is 210 Å². The van der Waals surface area contributed by atoms with E-state index in [9.17, 15) is 42.5 Å². The lowest BCUT2D eigenvalue weighted by Gasteiger charge is -2.31. The molecule has 0 radical (unpaired) electrons. The maximum absolute atomic E-state index is 13.4. The summed E-state index contributed by atoms with van der Waals surface area (Å²) in [6, 6.07) is 3.29. The van der Waals surface area contributed by atoms with Crippen molar-refractivity contribution in [2.45, 2.75) is 88.6 Å². The number of fused-ring (bicyclic) bond motifs is 1. The van der Waals surface area contributed by atoms with E-state index >= 15 is 0 Å². The van der Waals surface area contributed by atoms with Crippen LogP contribution in [0.3, 0.4) is 0 Å². The average molecular weight is 681 g/mol. The molecule has 0 amide bonds. The number of aliphatic hydroxyl groups is 2. The Morgan fingerprint density at radius 1 is 1.32 bits per heavy atom. The molecule has 1 saturated carbocycles. The van der Waals surface area contributed by atoms with Gasteiger partial charge in [-0.3, -0.25) is 13.9 Å². The molecule has 244 valence electrons. The summed E-state index contributed by atoms with van der Waals surface area (Å²) in [4.78, 5) is 26.0. The summed E-state index contributed by atoms with van der Waals surface area (Å²) in [5.74, 6) is -1.60. The normalized spacial score (nSPS) is 26.6. The van der Waals surface area contributed by atoms with Gasteiger partial charge in [-0.2, -0.15) is 5.26 Å². The number of sulfone groups is 1. The number of ether oxygens (including phenoxy) is 2. The monoisotopic (exact) mass is 680 g/mol. The summed E-state index contributed by atoms with van der Waals surface area (Å²) >= 11 is 6.26. The summed E-state index contributed by atoms with van der Waals surface area (Å²) in [5.41, 5.74) is -0.863. The predicted molar refractivity (Wildman–Crippen MR) is 156 cm³/mol. The molecule has 3 heterocycles. The van der Waals surface area contributed by atoms with Crippen LogP contribution in [-0.4, -0.2) is 87.6 Å². The van der Waals surface area contributed by atoms with Crippen molar-refractivity contribution in [3.63, 3.8) is 0 Å². The fraction of sp³-hybridized carbons (Fsp3) is 0.654. The quantitative estimate of drug-likeness (QED) is 0.0701. The maximum Gasteiger partial charge on any atom is 0.346 e. The van der Waals surface area contributed by atoms with Crippen LogP contribution in [0.25, 0.3) is 11.0 Å². The molecule has 1 aliphatic carbocycles. The number of carbonyl (C=O) groups excluding carboxylic acids is 1. The number of nitrogens with zero attached hydrogens (tertiary/aromatic N) is 3. The summed E-state index contributed by atoms with van der Waals surface area (Å²) in [6.07, 6.45) is -1.83. The number of nitrogens with one attached hydrogen (secondary N) is 1. The number of aromatic nitrogens is 2. The van der Waals surface area contributed by atoms with Crippen molar-refractivity contribution in [3.8, 4) is 6.07 Å². The first-order chi connectivity index (χ1) is 20.7. The minimum Gasteiger partial charge on any atom is -0.438 e. The Hall–Kier alpha value is -2.35. The van der Waals surface area contributed by atoms with Crippen molar-refractivity contribution < 1.29 is 51.3 Å². The molecular weight excluding hydrogens is 646 g/mol. The molecule has 2 aliphatic rings. The van der Waals surface area contributed by atoms with Gasteiger partial charge in [0, 0.05) is 24.0 Å². The molecule has 18 heteroatoms. The molecule has 5 atom stereocenters. The van der Waals surface area contributed by atoms with Crippen molar-refractivity contribution in [1.29, 1.82) is 5.26 Å². The van der Waals surface area contributed by atoms with Crippen LogP contribution in [0.2, 0.25) is 5.15 Å². The Labute approximate surface area is 258 Å². The number of esters is 1. The van der Waals surface area contributed by atoms with Gasteiger partial charge in [0.1, 0.15) is 41.8 Å². The molecular formula is C26H35ClFN4O10PS. The molecule has 0 bridgehead atoms. The SMILES string of the molecule is CCCCCCC(=O)OCOP(=O)(O)CS(=O)(=O)C[C@H]1O[C@@H](n2ccc3c(NC4CC(F)C4)c(C#N)c(Cl)nc32)[C@H](O)[C@@H]1O. The number of halogens is 2. The third-order valence-corrected chi connectivity index (χ3v) is 12.0. The Balaban J connectivity index is 1.41. The number of hydrogen-bond donors (Lipinski definition) is 4. The number of carbonyl (C=O) groups is 1. The number of anilines is 1. The van der Waals surface area contributed by atoms with E-state index < -0.39 is 72.2 Å². The van der Waals surface area contributed by atoms with Gasteiger partial charge in [-0.15, -0.1) is 0 Å². The average Bonchev–Trinajstić information content (AvgIpc) is 3.45. The Kier molecular flexibility index (Phi) is 11.3. The highest BCUT2D eigenvalue weighted by atomic mass is 35.5. The first-order valence-electron chi connectivity index (χ1n) is 14.1. The Morgan fingerprint density at radius 3 is 2.70 bits per heavy atom. The van der Waals surface area contributed by atoms with E-state index in [4.69, 9.17) is 21.1 Å². The van der Waals surface area contributed by atoms with Gasteiger partial charge in [-0.1, -0.05) is 37.8 Å². The Bertz CT molecular complexity index is 1550. The van der Waals surface area contributed by atoms with Crippen LogP contribution < -0.4 is 5.32 Å². The molecule has 4 N–H and O–H groups in total. The van der Waals surface area contributed by atoms with Gasteiger partial charge in [0.25, 0.3) is 0 Å². The van der Waals surface area contributed by atoms with Crippen molar-refractivity contribution in [2.75, 3.05) is 23.4 Å². The molecule has 1 aliphatic heterocycles. The van der Waals surface area contributed by atoms with E-state index in [1.165, 1.54) is 10.8 Å². The Morgan fingerprint density at radius 2 is 2.05 bits per heavy atom. The minimum atomic E-state index is -4.78. The largest absolute Gasteiger partial charge is 0.438 e. The van der Waals surface area contributed by atoms with E-state index in [1.54, 1.807) is 6.07 Å². The van der Waals surface area contributed by atoms with E-state index in [-0.39, 0.29) is 41.7 Å². The summed E-state index contributed by atoms with van der Waals surface area (Å²) in [5, 5.41) is 34.4. The number of pyridine rings is 1. The van der Waals surface area contributed by atoms with E-state index in [1.807, 2.05) is 13.0 Å². The molecule has 0 aromatic carbocycles. The van der Waals surface area contributed by atoms with Gasteiger partial charge in [0.15, 0.2) is 26.7 Å². The van der Waals surface area contributed by atoms with Crippen LogP contribution in [0.1, 0.15) is 63.7 Å². The number of unbranched alkanes of at least 4 members (excludes halogenated alkanes) is 3. The van der Waals surface area contributed by atoms with Crippen molar-refractivity contribution >= 4 is 51.7 Å². The zero-order chi connectivity index (χ0) is 32.2. The highest BCUT2D eigenvalue weighted by Crippen LogP contribution is 2.44. The molecule has 44 heavy (non-hydrogen) atoms. The van der Waals surface area contributed by atoms with Crippen LogP contribution in [0.15, 0.2) is 12.3 Å². The van der Waals surface area contributed by atoms with Gasteiger partial charge < -0.3 is 34.5 Å². The lowest BCUT2D eigenvalue weighted by atomic mass is 9.90. The van der Waals surface area contributed by atoms with Crippen LogP contribution >= 0.6 is 19.2 Å². The van der Waals surface area contributed by atoms with Crippen LogP contribution in [0, 0.1) is 11.3 Å². The van der Waals surface area contributed by atoms with Gasteiger partial charge in [0.2, 0.25) is 6.79 Å². The number of alkyl halides is 1. The second-order valence-electron chi connectivity index (χ2n) is 10.9. The molecule has 0 spiro atoms. The van der Waals surface area contributed by atoms with Gasteiger partial charge in [-0.05, 0) is 25.3 Å². The third kappa shape index (κ3) is 8.27. The fourth-order valence-corrected chi connectivity index (χ4v) is 9.01. The van der Waals surface area contributed by atoms with E-state index in [0.717, 1.165) is 19.3 Å². The zero-order valence-corrected chi connectivity index (χ0v) is 26.3. The minimum absolute atomic E-state index is 0.0357. The zero-order valence-electron chi connectivity index (χ0n) is 23.8. The number of nitriles is 1.